The summed E-state index contributed by atoms with van der Waals surface area (Å²) in [6, 6.07) is 7.80. The van der Waals surface area contributed by atoms with Gasteiger partial charge in [0.2, 0.25) is 5.91 Å². The van der Waals surface area contributed by atoms with Crippen LogP contribution in [-0.2, 0) is 16.1 Å². The van der Waals surface area contributed by atoms with E-state index in [4.69, 9.17) is 4.74 Å². The molecule has 1 amide bonds. The molecule has 7 nitrogen and oxygen atoms in total. The van der Waals surface area contributed by atoms with E-state index in [1.165, 1.54) is 33.6 Å². The number of benzene rings is 1. The zero-order valence-corrected chi connectivity index (χ0v) is 18.7. The number of ether oxygens (including phenoxy) is 1. The van der Waals surface area contributed by atoms with E-state index in [1.807, 2.05) is 38.1 Å². The summed E-state index contributed by atoms with van der Waals surface area (Å²) in [5.41, 5.74) is 1.73. The number of hydrogen-bond acceptors (Lipinski definition) is 7. The molecule has 30 heavy (non-hydrogen) atoms. The zero-order valence-electron chi connectivity index (χ0n) is 17.0. The third kappa shape index (κ3) is 3.88. The lowest BCUT2D eigenvalue weighted by molar-refractivity contribution is -0.119. The van der Waals surface area contributed by atoms with Crippen molar-refractivity contribution in [3.63, 3.8) is 0 Å². The lowest BCUT2D eigenvalue weighted by Crippen LogP contribution is -2.35. The number of carbonyl (C=O) groups excluding carboxylic acids is 1. The fraction of sp³-hybridized carbons (Fsp3) is 0.333. The molecule has 0 fully saturated rings. The van der Waals surface area contributed by atoms with E-state index in [-0.39, 0.29) is 24.4 Å². The molecule has 0 bridgehead atoms. The van der Waals surface area contributed by atoms with Crippen LogP contribution < -0.4 is 10.5 Å². The Hall–Kier alpha value is -2.62. The Morgan fingerprint density at radius 1 is 1.23 bits per heavy atom. The van der Waals surface area contributed by atoms with Crippen molar-refractivity contribution in [2.75, 3.05) is 25.2 Å². The van der Waals surface area contributed by atoms with E-state index in [0.29, 0.717) is 23.7 Å². The number of carbonyl (C=O) groups is 1. The van der Waals surface area contributed by atoms with Gasteiger partial charge < -0.3 is 4.74 Å². The van der Waals surface area contributed by atoms with Crippen molar-refractivity contribution in [1.29, 1.82) is 0 Å². The highest BCUT2D eigenvalue weighted by Crippen LogP contribution is 2.29. The number of anilines is 1. The number of thiophene rings is 1. The molecule has 0 atom stereocenters. The molecule has 0 N–H and O–H groups in total. The number of aromatic nitrogens is 3. The minimum Gasteiger partial charge on any atom is -0.383 e. The van der Waals surface area contributed by atoms with Crippen LogP contribution in [0, 0.1) is 13.8 Å². The predicted octanol–water partition coefficient (Wildman–Crippen LogP) is 3.75. The van der Waals surface area contributed by atoms with Crippen molar-refractivity contribution in [3.8, 4) is 0 Å². The van der Waals surface area contributed by atoms with Gasteiger partial charge in [0, 0.05) is 25.0 Å². The molecule has 0 spiro atoms. The Morgan fingerprint density at radius 2 is 2.03 bits per heavy atom. The minimum absolute atomic E-state index is 0.0990. The fourth-order valence-electron chi connectivity index (χ4n) is 3.27. The highest BCUT2D eigenvalue weighted by atomic mass is 32.1. The highest BCUT2D eigenvalue weighted by Gasteiger charge is 2.20. The first kappa shape index (κ1) is 20.6. The second-order valence-corrected chi connectivity index (χ2v) is 9.17. The maximum atomic E-state index is 13.0. The molecule has 3 aromatic heterocycles. The van der Waals surface area contributed by atoms with Gasteiger partial charge in [-0.3, -0.25) is 19.1 Å². The average Bonchev–Trinajstić information content (AvgIpc) is 3.29. The molecule has 0 saturated heterocycles. The molecule has 4 rings (SSSR count). The average molecular weight is 443 g/mol. The molecule has 0 aliphatic carbocycles. The zero-order chi connectivity index (χ0) is 21.3. The maximum Gasteiger partial charge on any atom is 0.262 e. The maximum absolute atomic E-state index is 13.0. The van der Waals surface area contributed by atoms with Crippen LogP contribution in [0.4, 0.5) is 5.13 Å². The third-order valence-corrected chi connectivity index (χ3v) is 7.23. The largest absolute Gasteiger partial charge is 0.383 e. The molecule has 0 saturated carbocycles. The molecule has 0 aliphatic heterocycles. The van der Waals surface area contributed by atoms with Crippen LogP contribution in [0.5, 0.6) is 0 Å². The topological polar surface area (TPSA) is 77.3 Å². The van der Waals surface area contributed by atoms with Crippen LogP contribution in [0.2, 0.25) is 0 Å². The smallest absolute Gasteiger partial charge is 0.262 e. The van der Waals surface area contributed by atoms with Gasteiger partial charge in [-0.05, 0) is 31.5 Å². The number of nitrogens with zero attached hydrogens (tertiary/aromatic N) is 4. The van der Waals surface area contributed by atoms with Crippen LogP contribution in [0.15, 0.2) is 35.4 Å². The Balaban J connectivity index is 1.57. The van der Waals surface area contributed by atoms with E-state index in [1.54, 1.807) is 12.0 Å². The van der Waals surface area contributed by atoms with Gasteiger partial charge in [0.05, 0.1) is 35.1 Å². The van der Waals surface area contributed by atoms with Crippen molar-refractivity contribution >= 4 is 54.1 Å². The minimum atomic E-state index is -0.101. The van der Waals surface area contributed by atoms with Crippen LogP contribution in [0.1, 0.15) is 16.9 Å². The summed E-state index contributed by atoms with van der Waals surface area (Å²) >= 11 is 2.99. The summed E-state index contributed by atoms with van der Waals surface area (Å²) in [4.78, 5) is 38.4. The Kier molecular flexibility index (Phi) is 5.94. The molecule has 0 radical (unpaired) electrons. The van der Waals surface area contributed by atoms with Crippen molar-refractivity contribution in [3.05, 3.63) is 51.4 Å². The lowest BCUT2D eigenvalue weighted by atomic mass is 10.2. The second kappa shape index (κ2) is 8.63. The number of hydrogen-bond donors (Lipinski definition) is 0. The van der Waals surface area contributed by atoms with Gasteiger partial charge in [-0.1, -0.05) is 23.5 Å². The van der Waals surface area contributed by atoms with E-state index in [9.17, 15) is 9.59 Å². The fourth-order valence-corrected chi connectivity index (χ4v) is 5.26. The summed E-state index contributed by atoms with van der Waals surface area (Å²) in [5, 5.41) is 1.29. The number of amides is 1. The highest BCUT2D eigenvalue weighted by molar-refractivity contribution is 7.22. The molecular formula is C21H22N4O3S2. The number of para-hydroxylation sites is 1. The van der Waals surface area contributed by atoms with E-state index >= 15 is 0 Å². The van der Waals surface area contributed by atoms with E-state index < -0.39 is 0 Å². The van der Waals surface area contributed by atoms with Gasteiger partial charge >= 0.3 is 0 Å². The van der Waals surface area contributed by atoms with Crippen LogP contribution in [0.3, 0.4) is 0 Å². The second-order valence-electron chi connectivity index (χ2n) is 6.96. The van der Waals surface area contributed by atoms with Gasteiger partial charge in [-0.25, -0.2) is 9.97 Å². The van der Waals surface area contributed by atoms with E-state index in [0.717, 1.165) is 25.5 Å². The summed E-state index contributed by atoms with van der Waals surface area (Å²) in [5.74, 6) is -0.101. The lowest BCUT2D eigenvalue weighted by Gasteiger charge is -2.19. The van der Waals surface area contributed by atoms with Gasteiger partial charge in [0.15, 0.2) is 5.13 Å². The van der Waals surface area contributed by atoms with Gasteiger partial charge in [0.1, 0.15) is 4.83 Å². The number of aryl methyl sites for hydroxylation is 3. The summed E-state index contributed by atoms with van der Waals surface area (Å²) in [6.07, 6.45) is 1.71. The molecule has 1 aromatic carbocycles. The monoisotopic (exact) mass is 442 g/mol. The Morgan fingerprint density at radius 3 is 2.80 bits per heavy atom. The van der Waals surface area contributed by atoms with Crippen molar-refractivity contribution in [1.82, 2.24) is 14.5 Å². The molecule has 3 heterocycles. The summed E-state index contributed by atoms with van der Waals surface area (Å²) in [7, 11) is 1.60. The molecule has 0 unspecified atom stereocenters. The Bertz CT molecular complexity index is 1240. The first-order valence-electron chi connectivity index (χ1n) is 9.59. The van der Waals surface area contributed by atoms with Crippen molar-refractivity contribution in [2.24, 2.45) is 0 Å². The van der Waals surface area contributed by atoms with Crippen LogP contribution >= 0.6 is 22.7 Å². The first-order chi connectivity index (χ1) is 14.5. The quantitative estimate of drug-likeness (QED) is 0.436. The Labute approximate surface area is 181 Å². The van der Waals surface area contributed by atoms with Crippen LogP contribution in [-0.4, -0.2) is 40.7 Å². The third-order valence-electron chi connectivity index (χ3n) is 5.06. The molecule has 156 valence electrons. The van der Waals surface area contributed by atoms with Gasteiger partial charge in [-0.15, -0.1) is 11.3 Å². The number of methoxy groups -OCH3 is 1. The molecule has 0 aliphatic rings. The van der Waals surface area contributed by atoms with Gasteiger partial charge in [-0.2, -0.15) is 0 Å². The SMILES string of the molecule is COCCN(C(=O)CCn1cnc2sc(C)c(C)c2c1=O)c1nc2ccccc2s1. The number of thiazole rings is 1. The standard InChI is InChI=1S/C21H22N4O3S2/c1-13-14(2)29-19-18(13)20(27)24(12-22-19)9-8-17(26)25(10-11-28-3)21-23-15-6-4-5-7-16(15)30-21/h4-7,12H,8-11H2,1-3H3. The van der Waals surface area contributed by atoms with E-state index in [2.05, 4.69) is 9.97 Å². The van der Waals surface area contributed by atoms with Crippen molar-refractivity contribution < 1.29 is 9.53 Å². The normalized spacial score (nSPS) is 11.4. The first-order valence-corrected chi connectivity index (χ1v) is 11.2. The van der Waals surface area contributed by atoms with Crippen molar-refractivity contribution in [2.45, 2.75) is 26.8 Å². The summed E-state index contributed by atoms with van der Waals surface area (Å²) < 4.78 is 7.73. The molecular weight excluding hydrogens is 420 g/mol. The van der Waals surface area contributed by atoms with Gasteiger partial charge in [0.25, 0.3) is 5.56 Å². The number of fused-ring (bicyclic) bond motifs is 2. The van der Waals surface area contributed by atoms with Crippen LogP contribution in [0.25, 0.3) is 20.4 Å². The predicted molar refractivity (Wildman–Crippen MR) is 122 cm³/mol. The molecule has 4 aromatic rings. The summed E-state index contributed by atoms with van der Waals surface area (Å²) in [6.45, 7) is 5.00. The number of rotatable bonds is 7. The molecule has 9 heteroatoms.